The molecule has 64 heavy (non-hydrogen) atoms. The summed E-state index contributed by atoms with van der Waals surface area (Å²) in [4.78, 5) is 61.5. The summed E-state index contributed by atoms with van der Waals surface area (Å²) in [7, 11) is 0. The number of rotatable bonds is 21. The van der Waals surface area contributed by atoms with Crippen molar-refractivity contribution in [2.24, 2.45) is 5.41 Å². The molecule has 0 bridgehead atoms. The number of carbonyl (C=O) groups is 4. The number of anilines is 2. The van der Waals surface area contributed by atoms with Crippen LogP contribution in [0.5, 0.6) is 5.75 Å². The van der Waals surface area contributed by atoms with Gasteiger partial charge in [0, 0.05) is 60.9 Å². The lowest BCUT2D eigenvalue weighted by atomic mass is 9.69. The Kier molecular flexibility index (Phi) is 16.7. The summed E-state index contributed by atoms with van der Waals surface area (Å²) in [6.45, 7) is 3.95. The number of aromatic nitrogens is 2. The van der Waals surface area contributed by atoms with Gasteiger partial charge in [0.1, 0.15) is 11.9 Å². The molecule has 15 nitrogen and oxygen atoms in total. The van der Waals surface area contributed by atoms with Crippen LogP contribution in [-0.2, 0) is 41.6 Å². The smallest absolute Gasteiger partial charge is 0.255 e. The lowest BCUT2D eigenvalue weighted by Crippen LogP contribution is -2.52. The molecule has 1 saturated heterocycles. The average molecular weight is 916 g/mol. The molecule has 0 radical (unpaired) electrons. The van der Waals surface area contributed by atoms with Crippen molar-refractivity contribution in [3.8, 4) is 17.6 Å². The normalized spacial score (nSPS) is 19.4. The fourth-order valence-electron chi connectivity index (χ4n) is 7.99. The third-order valence-corrected chi connectivity index (χ3v) is 12.3. The van der Waals surface area contributed by atoms with E-state index in [1.165, 1.54) is 22.3 Å². The van der Waals surface area contributed by atoms with E-state index in [9.17, 15) is 23.6 Å². The summed E-state index contributed by atoms with van der Waals surface area (Å²) in [6, 6.07) is 15.1. The highest BCUT2D eigenvalue weighted by molar-refractivity contribution is 7.13. The second-order valence-corrected chi connectivity index (χ2v) is 16.9. The number of nitrogens with one attached hydrogen (secondary N) is 4. The van der Waals surface area contributed by atoms with Crippen molar-refractivity contribution in [1.82, 2.24) is 30.8 Å². The van der Waals surface area contributed by atoms with E-state index < -0.39 is 23.2 Å². The van der Waals surface area contributed by atoms with E-state index in [1.54, 1.807) is 30.5 Å². The highest BCUT2D eigenvalue weighted by Crippen LogP contribution is 2.41. The number of pyridine rings is 1. The molecule has 4 amide bonds. The molecule has 2 aromatic carbocycles. The van der Waals surface area contributed by atoms with Crippen molar-refractivity contribution in [2.45, 2.75) is 63.6 Å². The SMILES string of the molecule is O=C1CCC(N2Cc3c(C#CCNCCOCCOCCOCCNC(=O)[C@]4(Cc5cccc(Nc6nccs6)n5)CC[C@@H](Oc5cccc(Cl)c5F)CC4)cccc3C2=O)C(=O)N1. The molecule has 3 aliphatic rings. The molecule has 0 spiro atoms. The van der Waals surface area contributed by atoms with Gasteiger partial charge in [0.15, 0.2) is 16.7 Å². The van der Waals surface area contributed by atoms with Crippen molar-refractivity contribution < 1.29 is 42.5 Å². The van der Waals surface area contributed by atoms with Crippen LogP contribution in [0.3, 0.4) is 0 Å². The summed E-state index contributed by atoms with van der Waals surface area (Å²) in [5.74, 6) is 5.32. The van der Waals surface area contributed by atoms with Gasteiger partial charge in [-0.25, -0.2) is 14.4 Å². The van der Waals surface area contributed by atoms with E-state index in [2.05, 4.69) is 38.1 Å². The molecule has 7 rings (SSSR count). The summed E-state index contributed by atoms with van der Waals surface area (Å²) in [5, 5.41) is 14.5. The molecule has 1 unspecified atom stereocenters. The molecule has 1 aliphatic carbocycles. The van der Waals surface area contributed by atoms with Crippen LogP contribution >= 0.6 is 22.9 Å². The first kappa shape index (κ1) is 46.5. The van der Waals surface area contributed by atoms with Crippen LogP contribution in [0, 0.1) is 23.1 Å². The van der Waals surface area contributed by atoms with Gasteiger partial charge in [-0.1, -0.05) is 41.6 Å². The summed E-state index contributed by atoms with van der Waals surface area (Å²) >= 11 is 7.45. The third kappa shape index (κ3) is 12.4. The molecule has 338 valence electrons. The molecule has 18 heteroatoms. The maximum absolute atomic E-state index is 14.6. The van der Waals surface area contributed by atoms with Crippen LogP contribution in [-0.4, -0.2) is 110 Å². The first-order chi connectivity index (χ1) is 31.2. The van der Waals surface area contributed by atoms with Crippen molar-refractivity contribution >= 4 is 57.5 Å². The van der Waals surface area contributed by atoms with Gasteiger partial charge in [-0.3, -0.25) is 24.5 Å². The lowest BCUT2D eigenvalue weighted by Gasteiger charge is -2.39. The average Bonchev–Trinajstić information content (AvgIpc) is 3.93. The van der Waals surface area contributed by atoms with Crippen molar-refractivity contribution in [3.63, 3.8) is 0 Å². The molecule has 4 heterocycles. The molecule has 2 aromatic heterocycles. The van der Waals surface area contributed by atoms with Gasteiger partial charge in [0.05, 0.1) is 62.7 Å². The maximum atomic E-state index is 14.6. The number of thiazole rings is 1. The number of halogens is 2. The van der Waals surface area contributed by atoms with Crippen molar-refractivity contribution in [1.29, 1.82) is 0 Å². The van der Waals surface area contributed by atoms with Gasteiger partial charge < -0.3 is 39.8 Å². The van der Waals surface area contributed by atoms with Gasteiger partial charge in [-0.2, -0.15) is 0 Å². The number of carbonyl (C=O) groups excluding carboxylic acids is 4. The Bertz CT molecular complexity index is 2320. The molecule has 1 saturated carbocycles. The highest BCUT2D eigenvalue weighted by Gasteiger charge is 2.43. The minimum atomic E-state index is -0.748. The van der Waals surface area contributed by atoms with Gasteiger partial charge >= 0.3 is 0 Å². The first-order valence-electron chi connectivity index (χ1n) is 21.4. The van der Waals surface area contributed by atoms with Gasteiger partial charge in [0.25, 0.3) is 5.91 Å². The number of nitrogens with zero attached hydrogens (tertiary/aromatic N) is 3. The van der Waals surface area contributed by atoms with Crippen LogP contribution in [0.2, 0.25) is 5.02 Å². The van der Waals surface area contributed by atoms with Crippen LogP contribution < -0.4 is 26.0 Å². The summed E-state index contributed by atoms with van der Waals surface area (Å²) < 4.78 is 37.7. The minimum Gasteiger partial charge on any atom is -0.487 e. The van der Waals surface area contributed by atoms with Gasteiger partial charge in [0.2, 0.25) is 17.7 Å². The number of benzene rings is 2. The zero-order valence-electron chi connectivity index (χ0n) is 35.3. The topological polar surface area (TPSA) is 182 Å². The fraction of sp³-hybridized carbons (Fsp3) is 0.435. The summed E-state index contributed by atoms with van der Waals surface area (Å²) in [5.41, 5.74) is 2.08. The Labute approximate surface area is 380 Å². The van der Waals surface area contributed by atoms with Gasteiger partial charge in [-0.05, 0) is 74.1 Å². The minimum absolute atomic E-state index is 0.00152. The molecule has 2 aliphatic heterocycles. The van der Waals surface area contributed by atoms with E-state index in [0.717, 1.165) is 22.0 Å². The fourth-order valence-corrected chi connectivity index (χ4v) is 8.69. The Morgan fingerprint density at radius 1 is 0.953 bits per heavy atom. The Morgan fingerprint density at radius 2 is 1.70 bits per heavy atom. The number of imide groups is 1. The second kappa shape index (κ2) is 22.9. The van der Waals surface area contributed by atoms with Crippen LogP contribution in [0.25, 0.3) is 0 Å². The number of hydrogen-bond acceptors (Lipinski definition) is 13. The maximum Gasteiger partial charge on any atom is 0.255 e. The van der Waals surface area contributed by atoms with Crippen LogP contribution in [0.15, 0.2) is 66.2 Å². The molecular formula is C46H51ClFN7O8S. The molecule has 1 atom stereocenters. The predicted octanol–water partition coefficient (Wildman–Crippen LogP) is 5.19. The van der Waals surface area contributed by atoms with Gasteiger partial charge in [-0.15, -0.1) is 11.3 Å². The summed E-state index contributed by atoms with van der Waals surface area (Å²) in [6.07, 6.45) is 4.54. The first-order valence-corrected chi connectivity index (χ1v) is 22.7. The van der Waals surface area contributed by atoms with Crippen LogP contribution in [0.1, 0.15) is 65.7 Å². The number of piperidine rings is 1. The van der Waals surface area contributed by atoms with E-state index >= 15 is 0 Å². The lowest BCUT2D eigenvalue weighted by molar-refractivity contribution is -0.137. The number of hydrogen-bond donors (Lipinski definition) is 4. The third-order valence-electron chi connectivity index (χ3n) is 11.3. The molecule has 4 aromatic rings. The van der Waals surface area contributed by atoms with Crippen molar-refractivity contribution in [2.75, 3.05) is 64.6 Å². The predicted molar refractivity (Wildman–Crippen MR) is 238 cm³/mol. The standard InChI is InChI=1S/C46H51ClFN7O8S/c47-36-9-3-10-38(41(36)48)63-33-14-16-46(17-15-33,29-32-7-2-11-39(52-32)53-45-51-21-28-64-45)44(59)50-20-23-61-25-27-62-26-24-60-22-19-49-18-4-6-31-5-1-8-34-35(31)30-55(43(34)58)37-12-13-40(56)54-42(37)57/h1-3,5,7-11,21,28,33,37,49H,12-20,22-27,29-30H2,(H,50,59)(H,51,52,53)(H,54,56,57)/t33-,37?,46-. The second-order valence-electron chi connectivity index (χ2n) is 15.6. The Morgan fingerprint density at radius 3 is 2.47 bits per heavy atom. The Balaban J connectivity index is 0.765. The number of ether oxygens (including phenoxy) is 4. The van der Waals surface area contributed by atoms with Crippen LogP contribution in [0.4, 0.5) is 15.3 Å². The molecular weight excluding hydrogens is 865 g/mol. The largest absolute Gasteiger partial charge is 0.487 e. The van der Waals surface area contributed by atoms with E-state index in [0.29, 0.717) is 109 Å². The number of fused-ring (bicyclic) bond motifs is 1. The van der Waals surface area contributed by atoms with E-state index in [4.69, 9.17) is 35.5 Å². The number of amides is 4. The molecule has 4 N–H and O–H groups in total. The zero-order valence-corrected chi connectivity index (χ0v) is 36.9. The highest BCUT2D eigenvalue weighted by atomic mass is 35.5. The van der Waals surface area contributed by atoms with E-state index in [1.807, 2.05) is 29.6 Å². The van der Waals surface area contributed by atoms with E-state index in [-0.39, 0.29) is 47.6 Å². The molecule has 2 fully saturated rings. The quantitative estimate of drug-likeness (QED) is 0.0489. The Hall–Kier alpha value is -5.48. The monoisotopic (exact) mass is 915 g/mol. The zero-order chi connectivity index (χ0) is 44.7. The van der Waals surface area contributed by atoms with Crippen molar-refractivity contribution in [3.05, 3.63) is 99.4 Å².